The quantitative estimate of drug-likeness (QED) is 0.793. The monoisotopic (exact) mass is 243 g/mol. The number of benzene rings is 2. The molecule has 0 aliphatic rings. The van der Waals surface area contributed by atoms with Gasteiger partial charge in [-0.05, 0) is 42.5 Å². The largest absolute Gasteiger partial charge is 0.398 e. The summed E-state index contributed by atoms with van der Waals surface area (Å²) in [6, 6.07) is 14.6. The molecule has 2 aromatic rings. The fourth-order valence-electron chi connectivity index (χ4n) is 1.44. The predicted molar refractivity (Wildman–Crippen MR) is 70.3 cm³/mol. The van der Waals surface area contributed by atoms with E-state index in [0.29, 0.717) is 16.3 Å². The summed E-state index contributed by atoms with van der Waals surface area (Å²) in [6.45, 7) is 0. The third kappa shape index (κ3) is 2.68. The lowest BCUT2D eigenvalue weighted by molar-refractivity contribution is 1.47. The van der Waals surface area contributed by atoms with Crippen molar-refractivity contribution in [1.82, 2.24) is 0 Å². The van der Waals surface area contributed by atoms with E-state index in [0.717, 1.165) is 11.4 Å². The average molecular weight is 244 g/mol. The first-order valence-corrected chi connectivity index (χ1v) is 5.39. The van der Waals surface area contributed by atoms with Gasteiger partial charge in [-0.1, -0.05) is 11.6 Å². The molecule has 0 atom stereocenters. The summed E-state index contributed by atoms with van der Waals surface area (Å²) in [6.07, 6.45) is 0. The van der Waals surface area contributed by atoms with E-state index in [1.807, 2.05) is 24.3 Å². The lowest BCUT2D eigenvalue weighted by Crippen LogP contribution is -1.94. The highest BCUT2D eigenvalue weighted by Crippen LogP contribution is 2.22. The number of nitriles is 1. The van der Waals surface area contributed by atoms with Crippen LogP contribution in [0.3, 0.4) is 0 Å². The molecule has 0 aliphatic carbocycles. The summed E-state index contributed by atoms with van der Waals surface area (Å²) in [4.78, 5) is 0. The number of rotatable bonds is 2. The number of nitrogens with zero attached hydrogens (tertiary/aromatic N) is 1. The van der Waals surface area contributed by atoms with Crippen LogP contribution in [-0.4, -0.2) is 0 Å². The summed E-state index contributed by atoms with van der Waals surface area (Å²) in [5.41, 5.74) is 8.42. The Balaban J connectivity index is 2.22. The zero-order valence-electron chi connectivity index (χ0n) is 8.94. The maximum Gasteiger partial charge on any atom is 0.101 e. The van der Waals surface area contributed by atoms with Gasteiger partial charge in [0.2, 0.25) is 0 Å². The van der Waals surface area contributed by atoms with Crippen molar-refractivity contribution in [2.75, 3.05) is 11.1 Å². The van der Waals surface area contributed by atoms with Crippen LogP contribution >= 0.6 is 11.6 Å². The highest BCUT2D eigenvalue weighted by atomic mass is 35.5. The van der Waals surface area contributed by atoms with Crippen LogP contribution in [0.2, 0.25) is 5.02 Å². The maximum absolute atomic E-state index is 8.76. The SMILES string of the molecule is N#Cc1ccc(Nc2ccc(Cl)cc2)cc1N. The lowest BCUT2D eigenvalue weighted by atomic mass is 10.2. The van der Waals surface area contributed by atoms with E-state index >= 15 is 0 Å². The lowest BCUT2D eigenvalue weighted by Gasteiger charge is -2.07. The molecule has 0 aromatic heterocycles. The van der Waals surface area contributed by atoms with Crippen molar-refractivity contribution in [2.45, 2.75) is 0 Å². The minimum Gasteiger partial charge on any atom is -0.398 e. The molecule has 4 heteroatoms. The molecule has 2 aromatic carbocycles. The van der Waals surface area contributed by atoms with Gasteiger partial charge in [0.1, 0.15) is 6.07 Å². The summed E-state index contributed by atoms with van der Waals surface area (Å²) in [5, 5.41) is 12.6. The van der Waals surface area contributed by atoms with Crippen LogP contribution in [0.1, 0.15) is 5.56 Å². The average Bonchev–Trinajstić information content (AvgIpc) is 2.32. The Labute approximate surface area is 104 Å². The van der Waals surface area contributed by atoms with Gasteiger partial charge in [-0.2, -0.15) is 5.26 Å². The van der Waals surface area contributed by atoms with Crippen molar-refractivity contribution in [1.29, 1.82) is 5.26 Å². The molecule has 0 aliphatic heterocycles. The molecule has 3 nitrogen and oxygen atoms in total. The van der Waals surface area contributed by atoms with Gasteiger partial charge in [-0.25, -0.2) is 0 Å². The van der Waals surface area contributed by atoms with E-state index in [1.165, 1.54) is 0 Å². The van der Waals surface area contributed by atoms with Crippen LogP contribution in [0.25, 0.3) is 0 Å². The van der Waals surface area contributed by atoms with Gasteiger partial charge in [0.05, 0.1) is 11.3 Å². The van der Waals surface area contributed by atoms with E-state index in [4.69, 9.17) is 22.6 Å². The Morgan fingerprint density at radius 2 is 1.71 bits per heavy atom. The minimum atomic E-state index is 0.464. The highest BCUT2D eigenvalue weighted by molar-refractivity contribution is 6.30. The zero-order chi connectivity index (χ0) is 12.3. The molecule has 17 heavy (non-hydrogen) atoms. The first-order valence-electron chi connectivity index (χ1n) is 5.01. The minimum absolute atomic E-state index is 0.464. The molecule has 0 heterocycles. The number of anilines is 3. The molecule has 0 radical (unpaired) electrons. The third-order valence-corrected chi connectivity index (χ3v) is 2.56. The molecule has 0 saturated heterocycles. The van der Waals surface area contributed by atoms with E-state index in [-0.39, 0.29) is 0 Å². The van der Waals surface area contributed by atoms with Crippen LogP contribution in [0.5, 0.6) is 0 Å². The molecular formula is C13H10ClN3. The number of hydrogen-bond acceptors (Lipinski definition) is 3. The Morgan fingerprint density at radius 3 is 2.29 bits per heavy atom. The molecule has 3 N–H and O–H groups in total. The van der Waals surface area contributed by atoms with Gasteiger partial charge in [0.15, 0.2) is 0 Å². The Morgan fingerprint density at radius 1 is 1.06 bits per heavy atom. The standard InChI is InChI=1S/C13H10ClN3/c14-10-2-5-11(6-3-10)17-12-4-1-9(8-15)13(16)7-12/h1-7,17H,16H2. The molecule has 0 amide bonds. The van der Waals surface area contributed by atoms with Crippen LogP contribution in [0.15, 0.2) is 42.5 Å². The second-order valence-corrected chi connectivity index (χ2v) is 3.98. The Hall–Kier alpha value is -2.18. The van der Waals surface area contributed by atoms with Crippen LogP contribution < -0.4 is 11.1 Å². The number of nitrogen functional groups attached to an aromatic ring is 1. The van der Waals surface area contributed by atoms with Crippen LogP contribution in [0.4, 0.5) is 17.1 Å². The van der Waals surface area contributed by atoms with Crippen molar-refractivity contribution >= 4 is 28.7 Å². The number of halogens is 1. The summed E-state index contributed by atoms with van der Waals surface area (Å²) >= 11 is 5.80. The van der Waals surface area contributed by atoms with Gasteiger partial charge in [-0.3, -0.25) is 0 Å². The predicted octanol–water partition coefficient (Wildman–Crippen LogP) is 3.54. The van der Waals surface area contributed by atoms with Crippen molar-refractivity contribution in [3.63, 3.8) is 0 Å². The fraction of sp³-hybridized carbons (Fsp3) is 0. The van der Waals surface area contributed by atoms with Gasteiger partial charge in [-0.15, -0.1) is 0 Å². The van der Waals surface area contributed by atoms with E-state index in [2.05, 4.69) is 5.32 Å². The van der Waals surface area contributed by atoms with Crippen molar-refractivity contribution in [2.24, 2.45) is 0 Å². The van der Waals surface area contributed by atoms with E-state index in [1.54, 1.807) is 24.3 Å². The topological polar surface area (TPSA) is 61.8 Å². The zero-order valence-corrected chi connectivity index (χ0v) is 9.70. The molecule has 0 fully saturated rings. The van der Waals surface area contributed by atoms with Crippen molar-refractivity contribution < 1.29 is 0 Å². The van der Waals surface area contributed by atoms with Gasteiger partial charge in [0.25, 0.3) is 0 Å². The Bertz CT molecular complexity index is 570. The van der Waals surface area contributed by atoms with Crippen molar-refractivity contribution in [3.8, 4) is 6.07 Å². The van der Waals surface area contributed by atoms with E-state index < -0.39 is 0 Å². The first-order chi connectivity index (χ1) is 8.19. The van der Waals surface area contributed by atoms with Gasteiger partial charge < -0.3 is 11.1 Å². The number of nitrogens with two attached hydrogens (primary N) is 1. The second kappa shape index (κ2) is 4.77. The summed E-state index contributed by atoms with van der Waals surface area (Å²) < 4.78 is 0. The molecule has 0 saturated carbocycles. The molecule has 2 rings (SSSR count). The molecular weight excluding hydrogens is 234 g/mol. The van der Waals surface area contributed by atoms with Crippen molar-refractivity contribution in [3.05, 3.63) is 53.1 Å². The first kappa shape index (κ1) is 11.3. The molecule has 0 spiro atoms. The number of hydrogen-bond donors (Lipinski definition) is 2. The summed E-state index contributed by atoms with van der Waals surface area (Å²) in [7, 11) is 0. The molecule has 0 unspecified atom stereocenters. The van der Waals surface area contributed by atoms with Gasteiger partial charge in [0, 0.05) is 16.4 Å². The molecule has 84 valence electrons. The summed E-state index contributed by atoms with van der Waals surface area (Å²) in [5.74, 6) is 0. The van der Waals surface area contributed by atoms with E-state index in [9.17, 15) is 0 Å². The van der Waals surface area contributed by atoms with Crippen LogP contribution in [0, 0.1) is 11.3 Å². The molecule has 0 bridgehead atoms. The van der Waals surface area contributed by atoms with Crippen LogP contribution in [-0.2, 0) is 0 Å². The highest BCUT2D eigenvalue weighted by Gasteiger charge is 2.00. The normalized spacial score (nSPS) is 9.65. The maximum atomic E-state index is 8.76. The third-order valence-electron chi connectivity index (χ3n) is 2.30. The number of nitrogens with one attached hydrogen (secondary N) is 1. The second-order valence-electron chi connectivity index (χ2n) is 3.55. The smallest absolute Gasteiger partial charge is 0.101 e. The fourth-order valence-corrected chi connectivity index (χ4v) is 1.57. The Kier molecular flexibility index (Phi) is 3.17. The van der Waals surface area contributed by atoms with Gasteiger partial charge >= 0.3 is 0 Å².